The monoisotopic (exact) mass is 352 g/mol. The molecule has 136 valence electrons. The summed E-state index contributed by atoms with van der Waals surface area (Å²) in [7, 11) is 1.42. The van der Waals surface area contributed by atoms with Gasteiger partial charge in [0.25, 0.3) is 0 Å². The van der Waals surface area contributed by atoms with E-state index in [2.05, 4.69) is 41.3 Å². The summed E-state index contributed by atoms with van der Waals surface area (Å²) in [4.78, 5) is 16.4. The molecule has 1 fully saturated rings. The van der Waals surface area contributed by atoms with E-state index in [1.54, 1.807) is 4.90 Å². The fraction of sp³-hybridized carbons (Fsp3) is 0.381. The second kappa shape index (κ2) is 7.38. The van der Waals surface area contributed by atoms with E-state index in [1.807, 2.05) is 12.1 Å². The van der Waals surface area contributed by atoms with Crippen LogP contribution in [0, 0.1) is 0 Å². The Morgan fingerprint density at radius 2 is 2.12 bits per heavy atom. The van der Waals surface area contributed by atoms with Gasteiger partial charge in [0.05, 0.1) is 12.8 Å². The Bertz CT molecular complexity index is 772. The van der Waals surface area contributed by atoms with E-state index in [0.29, 0.717) is 6.61 Å². The van der Waals surface area contributed by atoms with Crippen molar-refractivity contribution in [2.45, 2.75) is 32.0 Å². The lowest BCUT2D eigenvalue weighted by atomic mass is 10.1. The van der Waals surface area contributed by atoms with Crippen molar-refractivity contribution < 1.29 is 14.3 Å². The Balaban J connectivity index is 1.58. The summed E-state index contributed by atoms with van der Waals surface area (Å²) < 4.78 is 10.7. The van der Waals surface area contributed by atoms with Crippen molar-refractivity contribution >= 4 is 17.5 Å². The molecular weight excluding hydrogens is 328 g/mol. The molecule has 2 heterocycles. The van der Waals surface area contributed by atoms with Gasteiger partial charge in [0.1, 0.15) is 6.23 Å². The fourth-order valence-corrected chi connectivity index (χ4v) is 3.83. The first-order valence-corrected chi connectivity index (χ1v) is 9.17. The number of hydrogen-bond donors (Lipinski definition) is 0. The lowest BCUT2D eigenvalue weighted by Crippen LogP contribution is -2.40. The molecule has 2 aliphatic heterocycles. The minimum absolute atomic E-state index is 0.234. The van der Waals surface area contributed by atoms with Crippen LogP contribution >= 0.6 is 0 Å². The minimum atomic E-state index is -0.365. The van der Waals surface area contributed by atoms with Crippen LogP contribution in [0.2, 0.25) is 0 Å². The van der Waals surface area contributed by atoms with Gasteiger partial charge in [0.2, 0.25) is 0 Å². The number of hydrogen-bond acceptors (Lipinski definition) is 4. The highest BCUT2D eigenvalue weighted by atomic mass is 16.6. The lowest BCUT2D eigenvalue weighted by molar-refractivity contribution is 0.0978. The van der Waals surface area contributed by atoms with Gasteiger partial charge in [-0.05, 0) is 48.6 Å². The fourth-order valence-electron chi connectivity index (χ4n) is 3.83. The van der Waals surface area contributed by atoms with Crippen molar-refractivity contribution in [1.29, 1.82) is 0 Å². The molecule has 2 aliphatic rings. The number of carbonyl (C=O) groups is 1. The zero-order valence-corrected chi connectivity index (χ0v) is 15.1. The molecule has 0 aliphatic carbocycles. The molecule has 0 bridgehead atoms. The van der Waals surface area contributed by atoms with Gasteiger partial charge in [0.15, 0.2) is 0 Å². The van der Waals surface area contributed by atoms with E-state index < -0.39 is 0 Å². The first-order chi connectivity index (χ1) is 12.8. The molecular formula is C21H24N2O3. The molecule has 0 saturated carbocycles. The molecule has 0 N–H and O–H groups in total. The van der Waals surface area contributed by atoms with Crippen LogP contribution in [-0.2, 0) is 22.4 Å². The smallest absolute Gasteiger partial charge is 0.416 e. The Morgan fingerprint density at radius 3 is 2.85 bits per heavy atom. The quantitative estimate of drug-likeness (QED) is 0.835. The van der Waals surface area contributed by atoms with Crippen molar-refractivity contribution in [3.8, 4) is 0 Å². The van der Waals surface area contributed by atoms with Crippen molar-refractivity contribution in [1.82, 2.24) is 0 Å². The average molecular weight is 352 g/mol. The Kier molecular flexibility index (Phi) is 4.80. The van der Waals surface area contributed by atoms with Crippen LogP contribution in [0.3, 0.4) is 0 Å². The van der Waals surface area contributed by atoms with Crippen LogP contribution in [0.5, 0.6) is 0 Å². The normalized spacial score (nSPS) is 18.7. The molecule has 5 nitrogen and oxygen atoms in total. The van der Waals surface area contributed by atoms with Gasteiger partial charge in [-0.2, -0.15) is 0 Å². The van der Waals surface area contributed by atoms with Gasteiger partial charge in [-0.15, -0.1) is 0 Å². The average Bonchev–Trinajstić information content (AvgIpc) is 3.33. The second-order valence-electron chi connectivity index (χ2n) is 6.78. The van der Waals surface area contributed by atoms with E-state index in [9.17, 15) is 4.79 Å². The highest BCUT2D eigenvalue weighted by molar-refractivity contribution is 5.88. The standard InChI is InChI=1S/C21H24N2O3/c1-25-21(24)23(20-8-5-13-26-20)18-9-10-19-17(14-18)11-12-22(19)15-16-6-3-2-4-7-16/h2-4,6-7,9-10,14,20H,5,8,11-13,15H2,1H3. The Hall–Kier alpha value is -2.53. The van der Waals surface area contributed by atoms with E-state index >= 15 is 0 Å². The molecule has 4 rings (SSSR count). The van der Waals surface area contributed by atoms with Gasteiger partial charge in [-0.3, -0.25) is 4.90 Å². The molecule has 26 heavy (non-hydrogen) atoms. The van der Waals surface area contributed by atoms with Gasteiger partial charge >= 0.3 is 6.09 Å². The zero-order valence-electron chi connectivity index (χ0n) is 15.1. The van der Waals surface area contributed by atoms with E-state index in [1.165, 1.54) is 23.9 Å². The van der Waals surface area contributed by atoms with Gasteiger partial charge < -0.3 is 14.4 Å². The van der Waals surface area contributed by atoms with Crippen LogP contribution in [0.25, 0.3) is 0 Å². The molecule has 0 spiro atoms. The first-order valence-electron chi connectivity index (χ1n) is 9.17. The number of anilines is 2. The summed E-state index contributed by atoms with van der Waals surface area (Å²) >= 11 is 0. The summed E-state index contributed by atoms with van der Waals surface area (Å²) in [5, 5.41) is 0. The summed E-state index contributed by atoms with van der Waals surface area (Å²) in [6.07, 6.45) is 2.19. The topological polar surface area (TPSA) is 42.0 Å². The maximum Gasteiger partial charge on any atom is 0.416 e. The Labute approximate surface area is 154 Å². The highest BCUT2D eigenvalue weighted by Crippen LogP contribution is 2.34. The van der Waals surface area contributed by atoms with Crippen molar-refractivity contribution in [2.24, 2.45) is 0 Å². The molecule has 0 aromatic heterocycles. The Morgan fingerprint density at radius 1 is 1.27 bits per heavy atom. The molecule has 2 aromatic rings. The van der Waals surface area contributed by atoms with Crippen LogP contribution in [0.1, 0.15) is 24.0 Å². The maximum atomic E-state index is 12.3. The number of benzene rings is 2. The summed E-state index contributed by atoms with van der Waals surface area (Å²) in [5.74, 6) is 0. The molecule has 2 aromatic carbocycles. The zero-order chi connectivity index (χ0) is 17.9. The molecule has 1 unspecified atom stereocenters. The molecule has 0 radical (unpaired) electrons. The SMILES string of the molecule is COC(=O)N(c1ccc2c(c1)CCN2Cc1ccccc1)C1CCCO1. The second-order valence-corrected chi connectivity index (χ2v) is 6.78. The van der Waals surface area contributed by atoms with Crippen molar-refractivity contribution in [3.63, 3.8) is 0 Å². The number of fused-ring (bicyclic) bond motifs is 1. The number of nitrogens with zero attached hydrogens (tertiary/aromatic N) is 2. The number of ether oxygens (including phenoxy) is 2. The van der Waals surface area contributed by atoms with Crippen molar-refractivity contribution in [3.05, 3.63) is 59.7 Å². The third-order valence-corrected chi connectivity index (χ3v) is 5.11. The molecule has 5 heteroatoms. The summed E-state index contributed by atoms with van der Waals surface area (Å²) in [6.45, 7) is 2.58. The van der Waals surface area contributed by atoms with Crippen LogP contribution in [0.4, 0.5) is 16.2 Å². The van der Waals surface area contributed by atoms with Crippen LogP contribution < -0.4 is 9.80 Å². The van der Waals surface area contributed by atoms with Gasteiger partial charge in [0, 0.05) is 25.4 Å². The largest absolute Gasteiger partial charge is 0.452 e. The van der Waals surface area contributed by atoms with Crippen LogP contribution in [-0.4, -0.2) is 32.6 Å². The van der Waals surface area contributed by atoms with Crippen molar-refractivity contribution in [2.75, 3.05) is 30.1 Å². The lowest BCUT2D eigenvalue weighted by Gasteiger charge is -2.27. The predicted molar refractivity (Wildman–Crippen MR) is 101 cm³/mol. The summed E-state index contributed by atoms with van der Waals surface area (Å²) in [6, 6.07) is 16.7. The first kappa shape index (κ1) is 16.9. The number of carbonyl (C=O) groups excluding carboxylic acids is 1. The highest BCUT2D eigenvalue weighted by Gasteiger charge is 2.31. The third kappa shape index (κ3) is 3.27. The summed E-state index contributed by atoms with van der Waals surface area (Å²) in [5.41, 5.74) is 4.67. The van der Waals surface area contributed by atoms with E-state index in [4.69, 9.17) is 9.47 Å². The number of methoxy groups -OCH3 is 1. The van der Waals surface area contributed by atoms with E-state index in [-0.39, 0.29) is 12.3 Å². The number of rotatable bonds is 4. The third-order valence-electron chi connectivity index (χ3n) is 5.11. The minimum Gasteiger partial charge on any atom is -0.452 e. The molecule has 1 amide bonds. The van der Waals surface area contributed by atoms with Gasteiger partial charge in [-0.1, -0.05) is 30.3 Å². The predicted octanol–water partition coefficient (Wildman–Crippen LogP) is 3.96. The molecule has 1 saturated heterocycles. The van der Waals surface area contributed by atoms with Gasteiger partial charge in [-0.25, -0.2) is 4.79 Å². The van der Waals surface area contributed by atoms with Crippen LogP contribution in [0.15, 0.2) is 48.5 Å². The number of amides is 1. The van der Waals surface area contributed by atoms with E-state index in [0.717, 1.165) is 38.0 Å². The maximum absolute atomic E-state index is 12.3. The molecule has 1 atom stereocenters.